The van der Waals surface area contributed by atoms with Crippen molar-refractivity contribution in [3.05, 3.63) is 23.8 Å². The van der Waals surface area contributed by atoms with E-state index < -0.39 is 12.2 Å². The van der Waals surface area contributed by atoms with E-state index in [-0.39, 0.29) is 23.6 Å². The topological polar surface area (TPSA) is 63.6 Å². The summed E-state index contributed by atoms with van der Waals surface area (Å²) in [5.41, 5.74) is 1.44. The number of ketones is 1. The van der Waals surface area contributed by atoms with Crippen molar-refractivity contribution in [1.82, 2.24) is 0 Å². The van der Waals surface area contributed by atoms with Crippen LogP contribution in [0.15, 0.2) is 23.8 Å². The highest BCUT2D eigenvalue weighted by atomic mass is 16.6. The largest absolute Gasteiger partial charge is 0.461 e. The lowest BCUT2D eigenvalue weighted by Gasteiger charge is -2.24. The fourth-order valence-electron chi connectivity index (χ4n) is 2.84. The first-order valence-electron chi connectivity index (χ1n) is 6.67. The third-order valence-electron chi connectivity index (χ3n) is 4.08. The average Bonchev–Trinajstić information content (AvgIpc) is 2.60. The maximum Gasteiger partial charge on any atom is 0.309 e. The van der Waals surface area contributed by atoms with E-state index in [1.54, 1.807) is 13.0 Å². The Balaban J connectivity index is 2.33. The normalized spacial score (nSPS) is 39.3. The first-order valence-corrected chi connectivity index (χ1v) is 6.67. The van der Waals surface area contributed by atoms with Crippen molar-refractivity contribution >= 4 is 11.8 Å². The second kappa shape index (κ2) is 5.29. The molecule has 1 heterocycles. The molecule has 4 atom stereocenters. The minimum atomic E-state index is -0.715. The highest BCUT2D eigenvalue weighted by Crippen LogP contribution is 2.36. The van der Waals surface area contributed by atoms with Crippen molar-refractivity contribution in [2.45, 2.75) is 45.3 Å². The molecular formula is C15H20O4. The van der Waals surface area contributed by atoms with E-state index in [0.29, 0.717) is 24.8 Å². The summed E-state index contributed by atoms with van der Waals surface area (Å²) in [6.45, 7) is 7.43. The summed E-state index contributed by atoms with van der Waals surface area (Å²) in [7, 11) is 0. The van der Waals surface area contributed by atoms with Crippen LogP contribution in [0.3, 0.4) is 0 Å². The molecule has 0 aromatic heterocycles. The van der Waals surface area contributed by atoms with Gasteiger partial charge in [0.15, 0.2) is 5.78 Å². The van der Waals surface area contributed by atoms with Crippen molar-refractivity contribution in [3.8, 4) is 0 Å². The Morgan fingerprint density at radius 1 is 1.37 bits per heavy atom. The molecule has 1 N–H and O–H groups in total. The molecule has 1 aliphatic heterocycles. The molecule has 0 aromatic rings. The number of carbonyl (C=O) groups is 2. The zero-order valence-corrected chi connectivity index (χ0v) is 11.4. The molecule has 0 bridgehead atoms. The number of ether oxygens (including phenoxy) is 1. The third kappa shape index (κ3) is 2.78. The van der Waals surface area contributed by atoms with E-state index in [9.17, 15) is 14.7 Å². The number of fused-ring (bicyclic) bond motifs is 1. The summed E-state index contributed by atoms with van der Waals surface area (Å²) in [5, 5.41) is 10.3. The fourth-order valence-corrected chi connectivity index (χ4v) is 2.84. The number of hydrogen-bond donors (Lipinski definition) is 1. The predicted octanol–water partition coefficient (Wildman–Crippen LogP) is 1.78. The standard InChI is InChI=1S/C15H20O4/c1-8-4-5-11(16)9(2)7-13-14(12(17)6-8)10(3)15(18)19-13/h6,10,12-14,17H,2,4-5,7H2,1,3H3/b8-6+/t10-,12-,13+,14?/m0/s1. The second-order valence-electron chi connectivity index (χ2n) is 5.58. The van der Waals surface area contributed by atoms with E-state index in [0.717, 1.165) is 5.57 Å². The van der Waals surface area contributed by atoms with Gasteiger partial charge in [0.1, 0.15) is 6.10 Å². The Morgan fingerprint density at radius 3 is 2.74 bits per heavy atom. The highest BCUT2D eigenvalue weighted by Gasteiger charge is 2.45. The summed E-state index contributed by atoms with van der Waals surface area (Å²) in [6.07, 6.45) is 1.93. The van der Waals surface area contributed by atoms with E-state index in [4.69, 9.17) is 4.74 Å². The number of rotatable bonds is 0. The van der Waals surface area contributed by atoms with Gasteiger partial charge in [0.05, 0.1) is 12.0 Å². The van der Waals surface area contributed by atoms with E-state index >= 15 is 0 Å². The van der Waals surface area contributed by atoms with Gasteiger partial charge >= 0.3 is 5.97 Å². The van der Waals surface area contributed by atoms with Crippen molar-refractivity contribution in [2.75, 3.05) is 0 Å². The van der Waals surface area contributed by atoms with Crippen LogP contribution in [0.25, 0.3) is 0 Å². The number of esters is 1. The van der Waals surface area contributed by atoms with Crippen molar-refractivity contribution < 1.29 is 19.4 Å². The zero-order valence-electron chi connectivity index (χ0n) is 11.4. The van der Waals surface area contributed by atoms with Crippen LogP contribution in [0.5, 0.6) is 0 Å². The quantitative estimate of drug-likeness (QED) is 0.411. The summed E-state index contributed by atoms with van der Waals surface area (Å²) in [6, 6.07) is 0. The zero-order chi connectivity index (χ0) is 14.2. The summed E-state index contributed by atoms with van der Waals surface area (Å²) in [4.78, 5) is 23.6. The first-order chi connectivity index (χ1) is 8.90. The number of Topliss-reactive ketones (excluding diaryl/α,β-unsaturated/α-hetero) is 1. The Bertz CT molecular complexity index is 449. The van der Waals surface area contributed by atoms with Gasteiger partial charge in [-0.25, -0.2) is 0 Å². The van der Waals surface area contributed by atoms with E-state index in [1.807, 2.05) is 6.92 Å². The molecule has 0 spiro atoms. The maximum absolute atomic E-state index is 11.9. The smallest absolute Gasteiger partial charge is 0.309 e. The van der Waals surface area contributed by atoms with E-state index in [1.165, 1.54) is 0 Å². The SMILES string of the molecule is C=C1C[C@H]2OC(=O)[C@@H](C)C2[C@@H](O)/C=C(\C)CCC1=O. The van der Waals surface area contributed by atoms with Crippen LogP contribution in [0.1, 0.15) is 33.1 Å². The molecule has 1 saturated heterocycles. The molecule has 1 fully saturated rings. The van der Waals surface area contributed by atoms with Crippen LogP contribution >= 0.6 is 0 Å². The average molecular weight is 264 g/mol. The highest BCUT2D eigenvalue weighted by molar-refractivity contribution is 5.95. The molecule has 4 heteroatoms. The van der Waals surface area contributed by atoms with Crippen LogP contribution < -0.4 is 0 Å². The van der Waals surface area contributed by atoms with Gasteiger partial charge in [0.25, 0.3) is 0 Å². The fraction of sp³-hybridized carbons (Fsp3) is 0.600. The Labute approximate surface area is 113 Å². The Hall–Kier alpha value is -1.42. The molecule has 0 saturated carbocycles. The maximum atomic E-state index is 11.9. The van der Waals surface area contributed by atoms with E-state index in [2.05, 4.69) is 6.58 Å². The molecule has 2 aliphatic rings. The Morgan fingerprint density at radius 2 is 2.05 bits per heavy atom. The molecule has 4 nitrogen and oxygen atoms in total. The van der Waals surface area contributed by atoms with Gasteiger partial charge in [-0.15, -0.1) is 0 Å². The lowest BCUT2D eigenvalue weighted by Crippen LogP contribution is -2.32. The van der Waals surface area contributed by atoms with Crippen LogP contribution in [-0.4, -0.2) is 29.1 Å². The Kier molecular flexibility index (Phi) is 3.90. The second-order valence-corrected chi connectivity index (χ2v) is 5.58. The van der Waals surface area contributed by atoms with Gasteiger partial charge in [0.2, 0.25) is 0 Å². The summed E-state index contributed by atoms with van der Waals surface area (Å²) < 4.78 is 5.29. The van der Waals surface area contributed by atoms with Gasteiger partial charge in [0, 0.05) is 18.8 Å². The van der Waals surface area contributed by atoms with Gasteiger partial charge in [-0.05, 0) is 18.9 Å². The van der Waals surface area contributed by atoms with Gasteiger partial charge in [-0.2, -0.15) is 0 Å². The van der Waals surface area contributed by atoms with Crippen molar-refractivity contribution in [3.63, 3.8) is 0 Å². The summed E-state index contributed by atoms with van der Waals surface area (Å²) >= 11 is 0. The molecule has 1 unspecified atom stereocenters. The number of carbonyl (C=O) groups excluding carboxylic acids is 2. The molecule has 1 aliphatic carbocycles. The van der Waals surface area contributed by atoms with Crippen LogP contribution in [-0.2, 0) is 14.3 Å². The number of aliphatic hydroxyl groups is 1. The third-order valence-corrected chi connectivity index (χ3v) is 4.08. The predicted molar refractivity (Wildman–Crippen MR) is 70.3 cm³/mol. The van der Waals surface area contributed by atoms with Gasteiger partial charge in [-0.3, -0.25) is 9.59 Å². The van der Waals surface area contributed by atoms with Crippen LogP contribution in [0, 0.1) is 11.8 Å². The summed E-state index contributed by atoms with van der Waals surface area (Å²) in [5.74, 6) is -0.949. The molecule has 19 heavy (non-hydrogen) atoms. The number of aliphatic hydroxyl groups excluding tert-OH is 1. The number of allylic oxidation sites excluding steroid dienone is 1. The molecular weight excluding hydrogens is 244 g/mol. The number of hydrogen-bond acceptors (Lipinski definition) is 4. The van der Waals surface area contributed by atoms with Gasteiger partial charge in [-0.1, -0.05) is 25.2 Å². The van der Waals surface area contributed by atoms with Crippen LogP contribution in [0.2, 0.25) is 0 Å². The monoisotopic (exact) mass is 264 g/mol. The lowest BCUT2D eigenvalue weighted by molar-refractivity contribution is -0.144. The van der Waals surface area contributed by atoms with Gasteiger partial charge < -0.3 is 9.84 Å². The molecule has 104 valence electrons. The molecule has 2 rings (SSSR count). The molecule has 0 radical (unpaired) electrons. The lowest BCUT2D eigenvalue weighted by atomic mass is 9.82. The van der Waals surface area contributed by atoms with Crippen molar-refractivity contribution in [2.24, 2.45) is 11.8 Å². The minimum Gasteiger partial charge on any atom is -0.461 e. The molecule has 0 amide bonds. The van der Waals surface area contributed by atoms with Crippen LogP contribution in [0.4, 0.5) is 0 Å². The minimum absolute atomic E-state index is 0.0125. The van der Waals surface area contributed by atoms with Crippen molar-refractivity contribution in [1.29, 1.82) is 0 Å². The molecule has 0 aromatic carbocycles. The first kappa shape index (κ1) is 14.0.